The van der Waals surface area contributed by atoms with Crippen LogP contribution in [0.3, 0.4) is 0 Å². The van der Waals surface area contributed by atoms with E-state index in [1.807, 2.05) is 61.5 Å². The van der Waals surface area contributed by atoms with E-state index >= 15 is 0 Å². The normalized spacial score (nSPS) is 12.7. The molecule has 2 atom stereocenters. The standard InChI is InChI=1S/C26H29NO5/c1-19(26(30)22-9-11-23(28)12-10-22)27-16-15-20-7-13-24(14-8-20)31-18-25(29)32-17-21-5-3-2-4-6-21/h2-14,19,26-28,30H,15-18H2,1H3/t19-,26-/m0/s1. The lowest BCUT2D eigenvalue weighted by atomic mass is 10.0. The van der Waals surface area contributed by atoms with E-state index < -0.39 is 12.1 Å². The summed E-state index contributed by atoms with van der Waals surface area (Å²) in [7, 11) is 0. The van der Waals surface area contributed by atoms with Gasteiger partial charge in [-0.15, -0.1) is 0 Å². The Labute approximate surface area is 188 Å². The lowest BCUT2D eigenvalue weighted by Crippen LogP contribution is -2.33. The predicted octanol–water partition coefficient (Wildman–Crippen LogP) is 3.77. The summed E-state index contributed by atoms with van der Waals surface area (Å²) in [4.78, 5) is 11.8. The monoisotopic (exact) mass is 435 g/mol. The number of ether oxygens (including phenoxy) is 2. The number of phenols is 1. The number of benzene rings is 3. The molecule has 0 aromatic heterocycles. The molecule has 6 heteroatoms. The van der Waals surface area contributed by atoms with Crippen LogP contribution < -0.4 is 10.1 Å². The van der Waals surface area contributed by atoms with Gasteiger partial charge in [0.1, 0.15) is 18.1 Å². The average molecular weight is 436 g/mol. The quantitative estimate of drug-likeness (QED) is 0.398. The van der Waals surface area contributed by atoms with E-state index in [2.05, 4.69) is 5.32 Å². The van der Waals surface area contributed by atoms with Gasteiger partial charge in [-0.25, -0.2) is 4.79 Å². The molecular formula is C26H29NO5. The second kappa shape index (κ2) is 11.9. The van der Waals surface area contributed by atoms with E-state index in [0.717, 1.165) is 23.1 Å². The largest absolute Gasteiger partial charge is 0.508 e. The minimum atomic E-state index is -0.659. The maximum absolute atomic E-state index is 11.8. The van der Waals surface area contributed by atoms with Crippen molar-refractivity contribution < 1.29 is 24.5 Å². The van der Waals surface area contributed by atoms with Crippen LogP contribution in [0.15, 0.2) is 78.9 Å². The molecule has 3 rings (SSSR count). The molecule has 6 nitrogen and oxygen atoms in total. The molecule has 0 radical (unpaired) electrons. The van der Waals surface area contributed by atoms with Crippen LogP contribution in [0.2, 0.25) is 0 Å². The Morgan fingerprint density at radius 3 is 2.31 bits per heavy atom. The van der Waals surface area contributed by atoms with Gasteiger partial charge in [-0.1, -0.05) is 54.6 Å². The Hall–Kier alpha value is -3.35. The average Bonchev–Trinajstić information content (AvgIpc) is 2.83. The van der Waals surface area contributed by atoms with Crippen molar-refractivity contribution in [3.05, 3.63) is 95.6 Å². The summed E-state index contributed by atoms with van der Waals surface area (Å²) in [5.74, 6) is 0.371. The number of nitrogens with one attached hydrogen (secondary N) is 1. The summed E-state index contributed by atoms with van der Waals surface area (Å²) >= 11 is 0. The molecule has 0 amide bonds. The van der Waals surface area contributed by atoms with Gasteiger partial charge in [0.25, 0.3) is 0 Å². The van der Waals surface area contributed by atoms with Gasteiger partial charge < -0.3 is 25.0 Å². The first-order valence-electron chi connectivity index (χ1n) is 10.6. The Bertz CT molecular complexity index is 958. The summed E-state index contributed by atoms with van der Waals surface area (Å²) < 4.78 is 10.7. The lowest BCUT2D eigenvalue weighted by molar-refractivity contribution is -0.147. The number of rotatable bonds is 11. The number of aromatic hydroxyl groups is 1. The van der Waals surface area contributed by atoms with Crippen LogP contribution in [0.5, 0.6) is 11.5 Å². The molecular weight excluding hydrogens is 406 g/mol. The van der Waals surface area contributed by atoms with E-state index in [-0.39, 0.29) is 25.0 Å². The van der Waals surface area contributed by atoms with Crippen molar-refractivity contribution in [2.24, 2.45) is 0 Å². The van der Waals surface area contributed by atoms with Crippen LogP contribution in [0.4, 0.5) is 0 Å². The second-order valence-corrected chi connectivity index (χ2v) is 7.61. The van der Waals surface area contributed by atoms with Gasteiger partial charge in [-0.3, -0.25) is 0 Å². The van der Waals surface area contributed by atoms with Gasteiger partial charge in [0.2, 0.25) is 0 Å². The number of phenolic OH excluding ortho intramolecular Hbond substituents is 1. The lowest BCUT2D eigenvalue weighted by Gasteiger charge is -2.20. The molecule has 0 spiro atoms. The van der Waals surface area contributed by atoms with Crippen molar-refractivity contribution in [1.29, 1.82) is 0 Å². The van der Waals surface area contributed by atoms with Gasteiger partial charge in [0, 0.05) is 6.04 Å². The maximum atomic E-state index is 11.8. The first-order valence-corrected chi connectivity index (χ1v) is 10.6. The molecule has 0 unspecified atom stereocenters. The molecule has 0 bridgehead atoms. The summed E-state index contributed by atoms with van der Waals surface area (Å²) in [5.41, 5.74) is 2.80. The molecule has 32 heavy (non-hydrogen) atoms. The van der Waals surface area contributed by atoms with Crippen molar-refractivity contribution in [3.8, 4) is 11.5 Å². The Kier molecular flexibility index (Phi) is 8.66. The van der Waals surface area contributed by atoms with Gasteiger partial charge >= 0.3 is 5.97 Å². The molecule has 0 saturated carbocycles. The molecule has 0 aliphatic carbocycles. The highest BCUT2D eigenvalue weighted by molar-refractivity contribution is 5.71. The molecule has 3 N–H and O–H groups in total. The fourth-order valence-electron chi connectivity index (χ4n) is 3.19. The highest BCUT2D eigenvalue weighted by Crippen LogP contribution is 2.19. The first kappa shape index (κ1) is 23.3. The predicted molar refractivity (Wildman–Crippen MR) is 122 cm³/mol. The van der Waals surface area contributed by atoms with Crippen LogP contribution >= 0.6 is 0 Å². The van der Waals surface area contributed by atoms with Crippen LogP contribution in [0, 0.1) is 0 Å². The Morgan fingerprint density at radius 2 is 1.62 bits per heavy atom. The molecule has 0 aliphatic rings. The first-order chi connectivity index (χ1) is 15.5. The molecule has 0 aliphatic heterocycles. The molecule has 0 heterocycles. The zero-order valence-electron chi connectivity index (χ0n) is 18.1. The van der Waals surface area contributed by atoms with Gasteiger partial charge in [0.15, 0.2) is 6.61 Å². The SMILES string of the molecule is C[C@H](NCCc1ccc(OCC(=O)OCc2ccccc2)cc1)[C@H](O)c1ccc(O)cc1. The van der Waals surface area contributed by atoms with Crippen LogP contribution in [-0.4, -0.2) is 35.4 Å². The number of hydrogen-bond donors (Lipinski definition) is 3. The smallest absolute Gasteiger partial charge is 0.344 e. The Balaban J connectivity index is 1.36. The van der Waals surface area contributed by atoms with Crippen LogP contribution in [0.1, 0.15) is 29.7 Å². The number of hydrogen-bond acceptors (Lipinski definition) is 6. The fourth-order valence-corrected chi connectivity index (χ4v) is 3.19. The van der Waals surface area contributed by atoms with Gasteiger partial charge in [-0.2, -0.15) is 0 Å². The zero-order valence-corrected chi connectivity index (χ0v) is 18.1. The summed E-state index contributed by atoms with van der Waals surface area (Å²) in [6, 6.07) is 23.5. The van der Waals surface area contributed by atoms with Crippen molar-refractivity contribution in [2.75, 3.05) is 13.2 Å². The van der Waals surface area contributed by atoms with Gasteiger partial charge in [0.05, 0.1) is 6.10 Å². The second-order valence-electron chi connectivity index (χ2n) is 7.61. The number of aliphatic hydroxyl groups is 1. The fraction of sp³-hybridized carbons (Fsp3) is 0.269. The third-order valence-corrected chi connectivity index (χ3v) is 5.11. The molecule has 0 fully saturated rings. The van der Waals surface area contributed by atoms with E-state index in [9.17, 15) is 15.0 Å². The third kappa shape index (κ3) is 7.41. The number of carbonyl (C=O) groups excluding carboxylic acids is 1. The minimum absolute atomic E-state index is 0.135. The van der Waals surface area contributed by atoms with Crippen molar-refractivity contribution in [3.63, 3.8) is 0 Å². The summed E-state index contributed by atoms with van der Waals surface area (Å²) in [6.45, 7) is 2.71. The van der Waals surface area contributed by atoms with Crippen molar-refractivity contribution in [2.45, 2.75) is 32.1 Å². The van der Waals surface area contributed by atoms with Crippen LogP contribution in [0.25, 0.3) is 0 Å². The summed E-state index contributed by atoms with van der Waals surface area (Å²) in [6.07, 6.45) is 0.125. The number of carbonyl (C=O) groups is 1. The van der Waals surface area contributed by atoms with Gasteiger partial charge in [-0.05, 0) is 60.8 Å². The van der Waals surface area contributed by atoms with E-state index in [1.165, 1.54) is 0 Å². The van der Waals surface area contributed by atoms with Crippen molar-refractivity contribution in [1.82, 2.24) is 5.32 Å². The molecule has 3 aromatic rings. The highest BCUT2D eigenvalue weighted by atomic mass is 16.6. The summed E-state index contributed by atoms with van der Waals surface area (Å²) in [5, 5.41) is 23.1. The topological polar surface area (TPSA) is 88.0 Å². The van der Waals surface area contributed by atoms with Crippen molar-refractivity contribution >= 4 is 5.97 Å². The number of aliphatic hydroxyl groups excluding tert-OH is 1. The minimum Gasteiger partial charge on any atom is -0.508 e. The van der Waals surface area contributed by atoms with E-state index in [4.69, 9.17) is 9.47 Å². The molecule has 3 aromatic carbocycles. The number of esters is 1. The molecule has 0 saturated heterocycles. The zero-order chi connectivity index (χ0) is 22.8. The maximum Gasteiger partial charge on any atom is 0.344 e. The highest BCUT2D eigenvalue weighted by Gasteiger charge is 2.15. The van der Waals surface area contributed by atoms with E-state index in [1.54, 1.807) is 24.3 Å². The third-order valence-electron chi connectivity index (χ3n) is 5.11. The van der Waals surface area contributed by atoms with E-state index in [0.29, 0.717) is 12.3 Å². The Morgan fingerprint density at radius 1 is 0.938 bits per heavy atom. The van der Waals surface area contributed by atoms with Crippen LogP contribution in [-0.2, 0) is 22.6 Å². The molecule has 168 valence electrons.